The molecule has 0 unspecified atom stereocenters. The average molecular weight is 365 g/mol. The summed E-state index contributed by atoms with van der Waals surface area (Å²) in [6.45, 7) is 0.643. The molecule has 2 heterocycles. The fraction of sp³-hybridized carbons (Fsp3) is 0.105. The van der Waals surface area contributed by atoms with Crippen molar-refractivity contribution in [2.45, 2.75) is 6.54 Å². The second-order valence-corrected chi connectivity index (χ2v) is 6.31. The highest BCUT2D eigenvalue weighted by Gasteiger charge is 2.12. The summed E-state index contributed by atoms with van der Waals surface area (Å²) in [5, 5.41) is 12.4. The standard InChI is InChI=1S/C19H17ClN6/c1-26-18-16(12-22-26)17(23-15-9-7-14(20)8-10-15)24-19(25-18)21-11-13-5-3-2-4-6-13/h2-10,12H,11H2,1H3,(H2,21,23,24,25). The highest BCUT2D eigenvalue weighted by Crippen LogP contribution is 2.25. The number of aromatic nitrogens is 4. The number of anilines is 3. The minimum Gasteiger partial charge on any atom is -0.350 e. The van der Waals surface area contributed by atoms with Crippen molar-refractivity contribution in [3.05, 3.63) is 71.4 Å². The second-order valence-electron chi connectivity index (χ2n) is 5.87. The van der Waals surface area contributed by atoms with Gasteiger partial charge in [0.1, 0.15) is 5.82 Å². The van der Waals surface area contributed by atoms with Crippen LogP contribution in [0.3, 0.4) is 0 Å². The Balaban J connectivity index is 1.65. The van der Waals surface area contributed by atoms with Gasteiger partial charge in [-0.25, -0.2) is 0 Å². The largest absolute Gasteiger partial charge is 0.350 e. The minimum absolute atomic E-state index is 0.543. The van der Waals surface area contributed by atoms with E-state index in [1.165, 1.54) is 0 Å². The van der Waals surface area contributed by atoms with Crippen LogP contribution in [0.1, 0.15) is 5.56 Å². The molecule has 2 aromatic carbocycles. The molecule has 0 amide bonds. The van der Waals surface area contributed by atoms with Gasteiger partial charge in [-0.3, -0.25) is 4.68 Å². The predicted octanol–water partition coefficient (Wildman–Crippen LogP) is 4.37. The Labute approximate surface area is 155 Å². The first kappa shape index (κ1) is 16.4. The van der Waals surface area contributed by atoms with Crippen molar-refractivity contribution in [1.29, 1.82) is 0 Å². The van der Waals surface area contributed by atoms with Crippen LogP contribution in [0.2, 0.25) is 5.02 Å². The van der Waals surface area contributed by atoms with E-state index < -0.39 is 0 Å². The fourth-order valence-electron chi connectivity index (χ4n) is 2.64. The molecule has 130 valence electrons. The van der Waals surface area contributed by atoms with Gasteiger partial charge in [-0.15, -0.1) is 0 Å². The monoisotopic (exact) mass is 364 g/mol. The van der Waals surface area contributed by atoms with Gasteiger partial charge in [-0.2, -0.15) is 15.1 Å². The van der Waals surface area contributed by atoms with E-state index in [4.69, 9.17) is 11.6 Å². The first-order valence-corrected chi connectivity index (χ1v) is 8.57. The lowest BCUT2D eigenvalue weighted by atomic mass is 10.2. The van der Waals surface area contributed by atoms with Gasteiger partial charge in [-0.1, -0.05) is 41.9 Å². The van der Waals surface area contributed by atoms with Crippen LogP contribution in [0.4, 0.5) is 17.5 Å². The number of hydrogen-bond acceptors (Lipinski definition) is 5. The summed E-state index contributed by atoms with van der Waals surface area (Å²) in [4.78, 5) is 9.21. The first-order valence-electron chi connectivity index (χ1n) is 8.19. The van der Waals surface area contributed by atoms with Crippen molar-refractivity contribution >= 4 is 40.1 Å². The van der Waals surface area contributed by atoms with Crippen LogP contribution in [-0.2, 0) is 13.6 Å². The molecule has 4 aromatic rings. The lowest BCUT2D eigenvalue weighted by Gasteiger charge is -2.10. The molecule has 0 aliphatic rings. The van der Waals surface area contributed by atoms with Crippen LogP contribution < -0.4 is 10.6 Å². The number of halogens is 1. The summed E-state index contributed by atoms with van der Waals surface area (Å²) >= 11 is 5.96. The number of rotatable bonds is 5. The van der Waals surface area contributed by atoms with Crippen LogP contribution in [-0.4, -0.2) is 19.7 Å². The van der Waals surface area contributed by atoms with Crippen molar-refractivity contribution < 1.29 is 0 Å². The first-order chi connectivity index (χ1) is 12.7. The molecule has 0 saturated carbocycles. The molecule has 0 spiro atoms. The summed E-state index contributed by atoms with van der Waals surface area (Å²) in [6.07, 6.45) is 1.76. The van der Waals surface area contributed by atoms with E-state index in [0.717, 1.165) is 22.3 Å². The molecule has 4 rings (SSSR count). The number of fused-ring (bicyclic) bond motifs is 1. The van der Waals surface area contributed by atoms with E-state index in [0.29, 0.717) is 23.3 Å². The van der Waals surface area contributed by atoms with Crippen LogP contribution >= 0.6 is 11.6 Å². The van der Waals surface area contributed by atoms with Gasteiger partial charge >= 0.3 is 0 Å². The van der Waals surface area contributed by atoms with Crippen LogP contribution in [0.25, 0.3) is 11.0 Å². The van der Waals surface area contributed by atoms with E-state index in [1.807, 2.05) is 49.5 Å². The van der Waals surface area contributed by atoms with Gasteiger partial charge in [0.15, 0.2) is 5.65 Å². The summed E-state index contributed by atoms with van der Waals surface area (Å²) in [7, 11) is 1.86. The molecule has 2 aromatic heterocycles. The van der Waals surface area contributed by atoms with Crippen LogP contribution in [0.15, 0.2) is 60.8 Å². The molecule has 0 bridgehead atoms. The predicted molar refractivity (Wildman–Crippen MR) is 105 cm³/mol. The van der Waals surface area contributed by atoms with E-state index in [9.17, 15) is 0 Å². The van der Waals surface area contributed by atoms with Crippen LogP contribution in [0.5, 0.6) is 0 Å². The lowest BCUT2D eigenvalue weighted by Crippen LogP contribution is -2.06. The Morgan fingerprint density at radius 2 is 1.77 bits per heavy atom. The molecule has 7 heteroatoms. The zero-order chi connectivity index (χ0) is 17.9. The van der Waals surface area contributed by atoms with Crippen molar-refractivity contribution in [1.82, 2.24) is 19.7 Å². The topological polar surface area (TPSA) is 67.7 Å². The highest BCUT2D eigenvalue weighted by atomic mass is 35.5. The van der Waals surface area contributed by atoms with E-state index in [-0.39, 0.29) is 0 Å². The number of nitrogens with one attached hydrogen (secondary N) is 2. The number of hydrogen-bond donors (Lipinski definition) is 2. The van der Waals surface area contributed by atoms with Crippen molar-refractivity contribution in [2.24, 2.45) is 7.05 Å². The third-order valence-electron chi connectivity index (χ3n) is 3.99. The second kappa shape index (κ2) is 7.01. The molecule has 0 radical (unpaired) electrons. The van der Waals surface area contributed by atoms with Gasteiger partial charge in [-0.05, 0) is 29.8 Å². The maximum atomic E-state index is 5.96. The summed E-state index contributed by atoms with van der Waals surface area (Å²) in [6, 6.07) is 17.6. The van der Waals surface area contributed by atoms with E-state index >= 15 is 0 Å². The zero-order valence-electron chi connectivity index (χ0n) is 14.1. The summed E-state index contributed by atoms with van der Waals surface area (Å²) in [5.74, 6) is 1.24. The molecule has 0 fully saturated rings. The molecule has 26 heavy (non-hydrogen) atoms. The normalized spacial score (nSPS) is 10.8. The Bertz CT molecular complexity index is 1030. The molecule has 0 atom stereocenters. The Morgan fingerprint density at radius 3 is 2.54 bits per heavy atom. The van der Waals surface area contributed by atoms with Gasteiger partial charge in [0.05, 0.1) is 11.6 Å². The number of benzene rings is 2. The average Bonchev–Trinajstić information content (AvgIpc) is 3.04. The molecule has 6 nitrogen and oxygen atoms in total. The van der Waals surface area contributed by atoms with Crippen molar-refractivity contribution in [2.75, 3.05) is 10.6 Å². The molecule has 0 saturated heterocycles. The minimum atomic E-state index is 0.543. The van der Waals surface area contributed by atoms with Gasteiger partial charge in [0.25, 0.3) is 0 Å². The molecular weight excluding hydrogens is 348 g/mol. The maximum absolute atomic E-state index is 5.96. The molecular formula is C19H17ClN6. The molecule has 2 N–H and O–H groups in total. The Hall–Kier alpha value is -3.12. The Morgan fingerprint density at radius 1 is 1.00 bits per heavy atom. The van der Waals surface area contributed by atoms with Crippen molar-refractivity contribution in [3.63, 3.8) is 0 Å². The van der Waals surface area contributed by atoms with Crippen LogP contribution in [0, 0.1) is 0 Å². The third-order valence-corrected chi connectivity index (χ3v) is 4.24. The third kappa shape index (κ3) is 3.45. The number of aryl methyl sites for hydroxylation is 1. The maximum Gasteiger partial charge on any atom is 0.227 e. The highest BCUT2D eigenvalue weighted by molar-refractivity contribution is 6.30. The summed E-state index contributed by atoms with van der Waals surface area (Å²) < 4.78 is 1.73. The molecule has 0 aliphatic carbocycles. The smallest absolute Gasteiger partial charge is 0.227 e. The molecule has 0 aliphatic heterocycles. The van der Waals surface area contributed by atoms with E-state index in [2.05, 4.69) is 37.8 Å². The van der Waals surface area contributed by atoms with E-state index in [1.54, 1.807) is 10.9 Å². The summed E-state index contributed by atoms with van der Waals surface area (Å²) in [5.41, 5.74) is 2.81. The Kier molecular flexibility index (Phi) is 4.41. The number of nitrogens with zero attached hydrogens (tertiary/aromatic N) is 4. The fourth-order valence-corrected chi connectivity index (χ4v) is 2.77. The van der Waals surface area contributed by atoms with Crippen molar-refractivity contribution in [3.8, 4) is 0 Å². The van der Waals surface area contributed by atoms with Gasteiger partial charge < -0.3 is 10.6 Å². The van der Waals surface area contributed by atoms with Gasteiger partial charge in [0.2, 0.25) is 5.95 Å². The zero-order valence-corrected chi connectivity index (χ0v) is 14.9. The quantitative estimate of drug-likeness (QED) is 0.550. The lowest BCUT2D eigenvalue weighted by molar-refractivity contribution is 0.785. The van der Waals surface area contributed by atoms with Gasteiger partial charge in [0, 0.05) is 24.3 Å². The SMILES string of the molecule is Cn1ncc2c(Nc3ccc(Cl)cc3)nc(NCc3ccccc3)nc21.